The first-order chi connectivity index (χ1) is 11.3. The number of carbonyl (C=O) groups excluding carboxylic acids is 1. The van der Waals surface area contributed by atoms with Gasteiger partial charge >= 0.3 is 5.82 Å². The van der Waals surface area contributed by atoms with Crippen molar-refractivity contribution in [1.82, 2.24) is 4.98 Å². The summed E-state index contributed by atoms with van der Waals surface area (Å²) in [5.41, 5.74) is -0.214. The van der Waals surface area contributed by atoms with Gasteiger partial charge < -0.3 is 20.2 Å². The van der Waals surface area contributed by atoms with E-state index in [9.17, 15) is 23.7 Å². The number of anilines is 1. The van der Waals surface area contributed by atoms with E-state index in [-0.39, 0.29) is 5.75 Å². The number of benzene rings is 1. The van der Waals surface area contributed by atoms with Crippen LogP contribution in [-0.2, 0) is 4.79 Å². The highest BCUT2D eigenvalue weighted by Crippen LogP contribution is 2.26. The molecule has 7 nitrogen and oxygen atoms in total. The van der Waals surface area contributed by atoms with Gasteiger partial charge in [-0.15, -0.1) is 0 Å². The molecule has 0 bridgehead atoms. The lowest BCUT2D eigenvalue weighted by molar-refractivity contribution is -0.390. The number of hydrogen-bond acceptors (Lipinski definition) is 5. The quantitative estimate of drug-likeness (QED) is 0.668. The number of hydrogen-bond donors (Lipinski definition) is 1. The molecule has 1 amide bonds. The molecule has 1 aromatic heterocycles. The van der Waals surface area contributed by atoms with Crippen molar-refractivity contribution in [2.45, 2.75) is 20.0 Å². The second-order valence-electron chi connectivity index (χ2n) is 4.88. The maximum Gasteiger partial charge on any atom is 0.406 e. The topological polar surface area (TPSA) is 94.4 Å². The predicted molar refractivity (Wildman–Crippen MR) is 80.7 cm³/mol. The van der Waals surface area contributed by atoms with Crippen molar-refractivity contribution in [3.05, 3.63) is 57.8 Å². The van der Waals surface area contributed by atoms with Gasteiger partial charge in [-0.05, 0) is 41.1 Å². The first-order valence-corrected chi connectivity index (χ1v) is 6.83. The molecule has 1 N–H and O–H groups in total. The fourth-order valence-electron chi connectivity index (χ4n) is 1.84. The van der Waals surface area contributed by atoms with E-state index < -0.39 is 40.1 Å². The Morgan fingerprint density at radius 3 is 2.50 bits per heavy atom. The summed E-state index contributed by atoms with van der Waals surface area (Å²) in [6.07, 6.45) is -1.24. The highest BCUT2D eigenvalue weighted by molar-refractivity contribution is 5.94. The molecule has 0 aliphatic rings. The number of ether oxygens (including phenoxy) is 1. The normalized spacial score (nSPS) is 11.7. The van der Waals surface area contributed by atoms with Crippen LogP contribution in [0.15, 0.2) is 30.3 Å². The number of nitrogens with zero attached hydrogens (tertiary/aromatic N) is 2. The number of pyridine rings is 1. The van der Waals surface area contributed by atoms with Crippen LogP contribution in [0.5, 0.6) is 5.75 Å². The minimum atomic E-state index is -1.24. The van der Waals surface area contributed by atoms with Gasteiger partial charge in [0, 0.05) is 6.92 Å². The predicted octanol–water partition coefficient (Wildman–Crippen LogP) is 2.98. The SMILES string of the molecule is Cc1ccc(O[C@H](C)C(=O)Nc2c(F)cccc2F)c([N+](=O)[O-])n1. The van der Waals surface area contributed by atoms with E-state index in [1.165, 1.54) is 19.1 Å². The van der Waals surface area contributed by atoms with Crippen LogP contribution in [0.25, 0.3) is 0 Å². The molecular weight excluding hydrogens is 324 g/mol. The summed E-state index contributed by atoms with van der Waals surface area (Å²) in [5.74, 6) is -3.53. The Hall–Kier alpha value is -3.10. The maximum absolute atomic E-state index is 13.5. The van der Waals surface area contributed by atoms with Gasteiger partial charge in [-0.3, -0.25) is 4.79 Å². The molecule has 1 atom stereocenters. The van der Waals surface area contributed by atoms with Crippen molar-refractivity contribution < 1.29 is 23.2 Å². The molecule has 0 aliphatic carbocycles. The van der Waals surface area contributed by atoms with Crippen LogP contribution in [0.4, 0.5) is 20.3 Å². The van der Waals surface area contributed by atoms with Gasteiger partial charge in [0.15, 0.2) is 6.10 Å². The van der Waals surface area contributed by atoms with Gasteiger partial charge in [-0.2, -0.15) is 0 Å². The van der Waals surface area contributed by atoms with E-state index >= 15 is 0 Å². The highest BCUT2D eigenvalue weighted by Gasteiger charge is 2.24. The molecule has 126 valence electrons. The van der Waals surface area contributed by atoms with Crippen molar-refractivity contribution in [2.24, 2.45) is 0 Å². The van der Waals surface area contributed by atoms with Crippen LogP contribution >= 0.6 is 0 Å². The molecule has 0 saturated carbocycles. The second-order valence-corrected chi connectivity index (χ2v) is 4.88. The number of nitro groups is 1. The number of nitrogens with one attached hydrogen (secondary N) is 1. The molecule has 0 fully saturated rings. The Balaban J connectivity index is 2.17. The van der Waals surface area contributed by atoms with Crippen LogP contribution in [0.2, 0.25) is 0 Å². The van der Waals surface area contributed by atoms with Crippen molar-refractivity contribution in [1.29, 1.82) is 0 Å². The number of aromatic nitrogens is 1. The van der Waals surface area contributed by atoms with Crippen molar-refractivity contribution >= 4 is 17.4 Å². The molecule has 2 aromatic rings. The molecule has 0 saturated heterocycles. The molecule has 2 rings (SSSR count). The van der Waals surface area contributed by atoms with Crippen LogP contribution < -0.4 is 10.1 Å². The average molecular weight is 337 g/mol. The summed E-state index contributed by atoms with van der Waals surface area (Å²) in [4.78, 5) is 26.0. The minimum Gasteiger partial charge on any atom is -0.473 e. The summed E-state index contributed by atoms with van der Waals surface area (Å²) in [6, 6.07) is 5.90. The number of halogens is 2. The largest absolute Gasteiger partial charge is 0.473 e. The fourth-order valence-corrected chi connectivity index (χ4v) is 1.84. The minimum absolute atomic E-state index is 0.220. The summed E-state index contributed by atoms with van der Waals surface area (Å²) < 4.78 is 32.3. The Bertz CT molecular complexity index is 778. The first kappa shape index (κ1) is 17.3. The second kappa shape index (κ2) is 6.99. The molecule has 9 heteroatoms. The summed E-state index contributed by atoms with van der Waals surface area (Å²) in [7, 11) is 0. The monoisotopic (exact) mass is 337 g/mol. The smallest absolute Gasteiger partial charge is 0.406 e. The van der Waals surface area contributed by atoms with E-state index in [0.29, 0.717) is 5.69 Å². The number of amides is 1. The van der Waals surface area contributed by atoms with Crippen molar-refractivity contribution in [3.63, 3.8) is 0 Å². The summed E-state index contributed by atoms with van der Waals surface area (Å²) in [5, 5.41) is 13.0. The van der Waals surface area contributed by atoms with Gasteiger partial charge in [0.2, 0.25) is 5.75 Å². The zero-order chi connectivity index (χ0) is 17.9. The van der Waals surface area contributed by atoms with Crippen LogP contribution in [0.3, 0.4) is 0 Å². The van der Waals surface area contributed by atoms with E-state index in [0.717, 1.165) is 18.2 Å². The van der Waals surface area contributed by atoms with E-state index in [2.05, 4.69) is 10.3 Å². The molecular formula is C15H13F2N3O4. The Morgan fingerprint density at radius 1 is 1.29 bits per heavy atom. The number of carbonyl (C=O) groups is 1. The zero-order valence-corrected chi connectivity index (χ0v) is 12.7. The lowest BCUT2D eigenvalue weighted by atomic mass is 10.2. The van der Waals surface area contributed by atoms with E-state index in [1.807, 2.05) is 0 Å². The fraction of sp³-hybridized carbons (Fsp3) is 0.200. The molecule has 24 heavy (non-hydrogen) atoms. The Morgan fingerprint density at radius 2 is 1.92 bits per heavy atom. The summed E-state index contributed by atoms with van der Waals surface area (Å²) in [6.45, 7) is 2.85. The number of aryl methyl sites for hydroxylation is 1. The molecule has 0 radical (unpaired) electrons. The average Bonchev–Trinajstić information content (AvgIpc) is 2.52. The van der Waals surface area contributed by atoms with Crippen LogP contribution in [0.1, 0.15) is 12.6 Å². The zero-order valence-electron chi connectivity index (χ0n) is 12.7. The Kier molecular flexibility index (Phi) is 5.02. The third-order valence-corrected chi connectivity index (χ3v) is 3.04. The van der Waals surface area contributed by atoms with Crippen molar-refractivity contribution in [2.75, 3.05) is 5.32 Å². The molecule has 1 heterocycles. The third-order valence-electron chi connectivity index (χ3n) is 3.04. The Labute approximate surface area is 135 Å². The van der Waals surface area contributed by atoms with Crippen molar-refractivity contribution in [3.8, 4) is 5.75 Å². The lowest BCUT2D eigenvalue weighted by Crippen LogP contribution is -2.31. The third kappa shape index (κ3) is 3.80. The van der Waals surface area contributed by atoms with Gasteiger partial charge in [-0.1, -0.05) is 6.07 Å². The first-order valence-electron chi connectivity index (χ1n) is 6.83. The van der Waals surface area contributed by atoms with Crippen LogP contribution in [0, 0.1) is 28.7 Å². The summed E-state index contributed by atoms with van der Waals surface area (Å²) >= 11 is 0. The molecule has 0 spiro atoms. The maximum atomic E-state index is 13.5. The standard InChI is InChI=1S/C15H13F2N3O4/c1-8-6-7-12(14(18-8)20(22)23)24-9(2)15(21)19-13-10(16)4-3-5-11(13)17/h3-7,9H,1-2H3,(H,19,21)/t9-/m1/s1. The van der Waals surface area contributed by atoms with Gasteiger partial charge in [-0.25, -0.2) is 8.78 Å². The molecule has 0 unspecified atom stereocenters. The van der Waals surface area contributed by atoms with E-state index in [1.54, 1.807) is 6.92 Å². The number of rotatable bonds is 5. The highest BCUT2D eigenvalue weighted by atomic mass is 19.1. The number of para-hydroxylation sites is 1. The van der Waals surface area contributed by atoms with Crippen LogP contribution in [-0.4, -0.2) is 21.9 Å². The van der Waals surface area contributed by atoms with Gasteiger partial charge in [0.25, 0.3) is 5.91 Å². The van der Waals surface area contributed by atoms with Gasteiger partial charge in [0.1, 0.15) is 23.0 Å². The molecule has 1 aromatic carbocycles. The lowest BCUT2D eigenvalue weighted by Gasteiger charge is -2.15. The van der Waals surface area contributed by atoms with E-state index in [4.69, 9.17) is 4.74 Å². The van der Waals surface area contributed by atoms with Gasteiger partial charge in [0.05, 0.1) is 0 Å². The molecule has 0 aliphatic heterocycles.